The standard InChI is InChI=1S/C14H15ClN4O2/c1-21-9-18(14(20)10-4-5-10)12-8-19(17-13(12)15)11-3-2-6-16-7-11/h2-3,6-8,10H,4-5,9H2,1H3. The molecule has 7 heteroatoms. The second-order valence-corrected chi connectivity index (χ2v) is 5.28. The van der Waals surface area contributed by atoms with Gasteiger partial charge < -0.3 is 4.74 Å². The van der Waals surface area contributed by atoms with Gasteiger partial charge >= 0.3 is 0 Å². The number of hydrogen-bond acceptors (Lipinski definition) is 4. The molecule has 0 N–H and O–H groups in total. The van der Waals surface area contributed by atoms with Crippen molar-refractivity contribution in [2.24, 2.45) is 5.92 Å². The van der Waals surface area contributed by atoms with Crippen molar-refractivity contribution in [1.82, 2.24) is 14.8 Å². The summed E-state index contributed by atoms with van der Waals surface area (Å²) in [5.74, 6) is 0.113. The van der Waals surface area contributed by atoms with E-state index < -0.39 is 0 Å². The molecule has 2 heterocycles. The summed E-state index contributed by atoms with van der Waals surface area (Å²) in [7, 11) is 1.55. The van der Waals surface area contributed by atoms with Crippen LogP contribution in [0.1, 0.15) is 12.8 Å². The van der Waals surface area contributed by atoms with Crippen molar-refractivity contribution in [3.63, 3.8) is 0 Å². The molecule has 1 amide bonds. The minimum Gasteiger partial charge on any atom is -0.364 e. The third kappa shape index (κ3) is 2.91. The van der Waals surface area contributed by atoms with Crippen molar-refractivity contribution in [2.45, 2.75) is 12.8 Å². The Bertz CT molecular complexity index is 640. The predicted molar refractivity (Wildman–Crippen MR) is 78.5 cm³/mol. The number of methoxy groups -OCH3 is 1. The normalized spacial score (nSPS) is 14.2. The van der Waals surface area contributed by atoms with Crippen LogP contribution in [0.3, 0.4) is 0 Å². The molecule has 0 spiro atoms. The van der Waals surface area contributed by atoms with E-state index in [1.807, 2.05) is 12.1 Å². The van der Waals surface area contributed by atoms with E-state index in [0.29, 0.717) is 5.69 Å². The Hall–Kier alpha value is -1.92. The lowest BCUT2D eigenvalue weighted by Crippen LogP contribution is -2.33. The Morgan fingerprint density at radius 3 is 3.00 bits per heavy atom. The fourth-order valence-corrected chi connectivity index (χ4v) is 2.31. The number of anilines is 1. The first-order chi connectivity index (χ1) is 10.2. The minimum absolute atomic E-state index is 0.0319. The van der Waals surface area contributed by atoms with Crippen molar-refractivity contribution >= 4 is 23.2 Å². The predicted octanol–water partition coefficient (Wildman–Crippen LogP) is 2.27. The lowest BCUT2D eigenvalue weighted by atomic mass is 10.3. The van der Waals surface area contributed by atoms with Crippen LogP contribution in [0.5, 0.6) is 0 Å². The zero-order chi connectivity index (χ0) is 14.8. The molecular formula is C14H15ClN4O2. The van der Waals surface area contributed by atoms with Gasteiger partial charge in [-0.25, -0.2) is 4.68 Å². The number of hydrogen-bond donors (Lipinski definition) is 0. The van der Waals surface area contributed by atoms with Gasteiger partial charge in [-0.1, -0.05) is 11.6 Å². The molecule has 0 aliphatic heterocycles. The third-order valence-electron chi connectivity index (χ3n) is 3.30. The molecule has 0 bridgehead atoms. The number of rotatable bonds is 5. The van der Waals surface area contributed by atoms with E-state index in [1.54, 1.807) is 35.3 Å². The largest absolute Gasteiger partial charge is 0.364 e. The Balaban J connectivity index is 1.93. The lowest BCUT2D eigenvalue weighted by Gasteiger charge is -2.20. The number of aromatic nitrogens is 3. The number of ether oxygens (including phenoxy) is 1. The summed E-state index contributed by atoms with van der Waals surface area (Å²) in [5, 5.41) is 4.51. The molecule has 0 atom stereocenters. The zero-order valence-electron chi connectivity index (χ0n) is 11.6. The van der Waals surface area contributed by atoms with Crippen molar-refractivity contribution in [3.05, 3.63) is 35.9 Å². The molecule has 2 aromatic heterocycles. The summed E-state index contributed by atoms with van der Waals surface area (Å²) in [5.41, 5.74) is 1.33. The van der Waals surface area contributed by atoms with E-state index in [4.69, 9.17) is 16.3 Å². The summed E-state index contributed by atoms with van der Waals surface area (Å²) in [4.78, 5) is 17.9. The van der Waals surface area contributed by atoms with E-state index in [1.165, 1.54) is 0 Å². The number of carbonyl (C=O) groups excluding carboxylic acids is 1. The lowest BCUT2D eigenvalue weighted by molar-refractivity contribution is -0.120. The van der Waals surface area contributed by atoms with Crippen molar-refractivity contribution < 1.29 is 9.53 Å². The van der Waals surface area contributed by atoms with Gasteiger partial charge in [0.15, 0.2) is 5.15 Å². The molecule has 3 rings (SSSR count). The van der Waals surface area contributed by atoms with Crippen molar-refractivity contribution in [3.8, 4) is 5.69 Å². The fraction of sp³-hybridized carbons (Fsp3) is 0.357. The Morgan fingerprint density at radius 2 is 2.38 bits per heavy atom. The van der Waals surface area contributed by atoms with Crippen LogP contribution in [0.15, 0.2) is 30.7 Å². The van der Waals surface area contributed by atoms with Crippen LogP contribution in [-0.4, -0.2) is 34.5 Å². The highest BCUT2D eigenvalue weighted by molar-refractivity contribution is 6.32. The maximum Gasteiger partial charge on any atom is 0.232 e. The first-order valence-electron chi connectivity index (χ1n) is 6.66. The molecule has 1 fully saturated rings. The van der Waals surface area contributed by atoms with Gasteiger partial charge in [-0.15, -0.1) is 0 Å². The van der Waals surface area contributed by atoms with Gasteiger partial charge in [0.05, 0.1) is 18.1 Å². The first-order valence-corrected chi connectivity index (χ1v) is 7.04. The highest BCUT2D eigenvalue weighted by Gasteiger charge is 2.35. The summed E-state index contributed by atoms with van der Waals surface area (Å²) in [6.07, 6.45) is 6.93. The summed E-state index contributed by atoms with van der Waals surface area (Å²) < 4.78 is 6.73. The van der Waals surface area contributed by atoms with Gasteiger partial charge in [-0.3, -0.25) is 14.7 Å². The number of amides is 1. The average Bonchev–Trinajstić information content (AvgIpc) is 3.28. The van der Waals surface area contributed by atoms with E-state index in [-0.39, 0.29) is 23.7 Å². The van der Waals surface area contributed by atoms with Gasteiger partial charge in [0, 0.05) is 19.2 Å². The van der Waals surface area contributed by atoms with Crippen LogP contribution >= 0.6 is 11.6 Å². The molecule has 1 saturated carbocycles. The third-order valence-corrected chi connectivity index (χ3v) is 3.57. The van der Waals surface area contributed by atoms with Crippen LogP contribution < -0.4 is 4.90 Å². The van der Waals surface area contributed by atoms with Gasteiger partial charge in [-0.05, 0) is 25.0 Å². The number of carbonyl (C=O) groups is 1. The Labute approximate surface area is 127 Å². The second kappa shape index (κ2) is 5.83. The SMILES string of the molecule is COCN(C(=O)C1CC1)c1cn(-c2cccnc2)nc1Cl. The molecule has 1 aliphatic carbocycles. The number of nitrogens with zero attached hydrogens (tertiary/aromatic N) is 4. The topological polar surface area (TPSA) is 60.2 Å². The molecular weight excluding hydrogens is 292 g/mol. The van der Waals surface area contributed by atoms with Crippen LogP contribution in [0, 0.1) is 5.92 Å². The zero-order valence-corrected chi connectivity index (χ0v) is 12.3. The molecule has 0 radical (unpaired) electrons. The number of halogens is 1. The molecule has 21 heavy (non-hydrogen) atoms. The molecule has 0 unspecified atom stereocenters. The summed E-state index contributed by atoms with van der Waals surface area (Å²) >= 11 is 6.19. The highest BCUT2D eigenvalue weighted by atomic mass is 35.5. The Morgan fingerprint density at radius 1 is 1.57 bits per heavy atom. The van der Waals surface area contributed by atoms with Gasteiger partial charge in [0.2, 0.25) is 5.91 Å². The Kier molecular flexibility index (Phi) is 3.90. The van der Waals surface area contributed by atoms with E-state index in [0.717, 1.165) is 18.5 Å². The van der Waals surface area contributed by atoms with Gasteiger partial charge in [-0.2, -0.15) is 5.10 Å². The first kappa shape index (κ1) is 14.0. The maximum absolute atomic E-state index is 12.3. The maximum atomic E-state index is 12.3. The minimum atomic E-state index is 0.0319. The molecule has 2 aromatic rings. The average molecular weight is 307 g/mol. The van der Waals surface area contributed by atoms with Crippen LogP contribution in [0.4, 0.5) is 5.69 Å². The second-order valence-electron chi connectivity index (χ2n) is 4.92. The van der Waals surface area contributed by atoms with Gasteiger partial charge in [0.1, 0.15) is 12.4 Å². The summed E-state index contributed by atoms with van der Waals surface area (Å²) in [6, 6.07) is 3.68. The van der Waals surface area contributed by atoms with Gasteiger partial charge in [0.25, 0.3) is 0 Å². The number of pyridine rings is 1. The van der Waals surface area contributed by atoms with Crippen LogP contribution in [0.25, 0.3) is 5.69 Å². The van der Waals surface area contributed by atoms with Crippen molar-refractivity contribution in [2.75, 3.05) is 18.7 Å². The summed E-state index contributed by atoms with van der Waals surface area (Å²) in [6.45, 7) is 0.161. The van der Waals surface area contributed by atoms with E-state index >= 15 is 0 Å². The molecule has 1 aliphatic rings. The van der Waals surface area contributed by atoms with E-state index in [9.17, 15) is 4.79 Å². The van der Waals surface area contributed by atoms with E-state index in [2.05, 4.69) is 10.1 Å². The van der Waals surface area contributed by atoms with Crippen LogP contribution in [-0.2, 0) is 9.53 Å². The fourth-order valence-electron chi connectivity index (χ4n) is 2.08. The van der Waals surface area contributed by atoms with Crippen LogP contribution in [0.2, 0.25) is 5.15 Å². The molecule has 0 aromatic carbocycles. The van der Waals surface area contributed by atoms with Crippen molar-refractivity contribution in [1.29, 1.82) is 0 Å². The molecule has 6 nitrogen and oxygen atoms in total. The smallest absolute Gasteiger partial charge is 0.232 e. The quantitative estimate of drug-likeness (QED) is 0.795. The monoisotopic (exact) mass is 306 g/mol. The molecule has 110 valence electrons. The molecule has 0 saturated heterocycles. The highest BCUT2D eigenvalue weighted by Crippen LogP contribution is 2.34.